The number of thioether (sulfide) groups is 1. The predicted molar refractivity (Wildman–Crippen MR) is 94.5 cm³/mol. The topological polar surface area (TPSA) is 46.3 Å². The monoisotopic (exact) mass is 328 g/mol. The van der Waals surface area contributed by atoms with Gasteiger partial charge in [0.1, 0.15) is 0 Å². The van der Waals surface area contributed by atoms with Crippen LogP contribution in [0.25, 0.3) is 0 Å². The Balaban J connectivity index is 0.00000220. The van der Waals surface area contributed by atoms with Crippen LogP contribution in [0.1, 0.15) is 42.1 Å². The second-order valence-corrected chi connectivity index (χ2v) is 6.98. The summed E-state index contributed by atoms with van der Waals surface area (Å²) in [6.45, 7) is 5.89. The second kappa shape index (κ2) is 8.54. The summed E-state index contributed by atoms with van der Waals surface area (Å²) in [5.41, 5.74) is 8.25. The van der Waals surface area contributed by atoms with Crippen molar-refractivity contribution in [3.05, 3.63) is 29.3 Å². The van der Waals surface area contributed by atoms with Gasteiger partial charge in [-0.15, -0.1) is 12.4 Å². The highest BCUT2D eigenvalue weighted by Gasteiger charge is 2.23. The molecule has 0 spiro atoms. The highest BCUT2D eigenvalue weighted by molar-refractivity contribution is 7.99. The van der Waals surface area contributed by atoms with Crippen LogP contribution in [0, 0.1) is 6.92 Å². The van der Waals surface area contributed by atoms with Gasteiger partial charge in [0.2, 0.25) is 0 Å². The first-order valence-electron chi connectivity index (χ1n) is 7.38. The van der Waals surface area contributed by atoms with Crippen LogP contribution < -0.4 is 5.73 Å². The Morgan fingerprint density at radius 3 is 2.90 bits per heavy atom. The molecule has 0 aromatic heterocycles. The molecular weight excluding hydrogens is 304 g/mol. The molecule has 2 N–H and O–H groups in total. The van der Waals surface area contributed by atoms with Crippen molar-refractivity contribution in [3.63, 3.8) is 0 Å². The molecule has 0 aliphatic carbocycles. The SMILES string of the molecule is CCSC1CCCCN(C(=O)c2cc(N)ccc2C)C1.Cl. The number of carbonyl (C=O) groups is 1. The van der Waals surface area contributed by atoms with E-state index < -0.39 is 0 Å². The van der Waals surface area contributed by atoms with Crippen LogP contribution >= 0.6 is 24.2 Å². The summed E-state index contributed by atoms with van der Waals surface area (Å²) in [6.07, 6.45) is 3.55. The van der Waals surface area contributed by atoms with Crippen molar-refractivity contribution in [2.75, 3.05) is 24.6 Å². The standard InChI is InChI=1S/C16H24N2OS.ClH/c1-3-20-14-6-4-5-9-18(11-14)16(19)15-10-13(17)8-7-12(15)2;/h7-8,10,14H,3-6,9,11,17H2,1-2H3;1H. The molecule has 118 valence electrons. The fourth-order valence-electron chi connectivity index (χ4n) is 2.70. The van der Waals surface area contributed by atoms with Crippen molar-refractivity contribution in [3.8, 4) is 0 Å². The Kier molecular flexibility index (Phi) is 7.40. The second-order valence-electron chi connectivity index (χ2n) is 5.40. The van der Waals surface area contributed by atoms with Crippen LogP contribution in [0.4, 0.5) is 5.69 Å². The van der Waals surface area contributed by atoms with Crippen LogP contribution in [-0.4, -0.2) is 34.9 Å². The number of rotatable bonds is 3. The maximum Gasteiger partial charge on any atom is 0.254 e. The number of aryl methyl sites for hydroxylation is 1. The van der Waals surface area contributed by atoms with Gasteiger partial charge in [0.05, 0.1) is 0 Å². The third kappa shape index (κ3) is 4.82. The van der Waals surface area contributed by atoms with Gasteiger partial charge in [-0.1, -0.05) is 19.4 Å². The van der Waals surface area contributed by atoms with Crippen molar-refractivity contribution in [2.24, 2.45) is 0 Å². The number of benzene rings is 1. The number of nitrogens with zero attached hydrogens (tertiary/aromatic N) is 1. The molecule has 1 aromatic rings. The molecule has 21 heavy (non-hydrogen) atoms. The molecule has 5 heteroatoms. The number of anilines is 1. The third-order valence-electron chi connectivity index (χ3n) is 3.81. The normalized spacial score (nSPS) is 18.8. The van der Waals surface area contributed by atoms with E-state index in [2.05, 4.69) is 6.92 Å². The molecule has 1 aromatic carbocycles. The maximum absolute atomic E-state index is 12.7. The van der Waals surface area contributed by atoms with Gasteiger partial charge in [-0.25, -0.2) is 0 Å². The predicted octanol–water partition coefficient (Wildman–Crippen LogP) is 3.75. The van der Waals surface area contributed by atoms with Gasteiger partial charge in [0.25, 0.3) is 5.91 Å². The summed E-state index contributed by atoms with van der Waals surface area (Å²) < 4.78 is 0. The van der Waals surface area contributed by atoms with Crippen LogP contribution in [0.15, 0.2) is 18.2 Å². The smallest absolute Gasteiger partial charge is 0.254 e. The van der Waals surface area contributed by atoms with E-state index in [9.17, 15) is 4.79 Å². The van der Waals surface area contributed by atoms with Gasteiger partial charge in [-0.3, -0.25) is 4.79 Å². The molecule has 0 saturated carbocycles. The van der Waals surface area contributed by atoms with E-state index in [-0.39, 0.29) is 18.3 Å². The first-order chi connectivity index (χ1) is 9.61. The molecule has 1 aliphatic rings. The van der Waals surface area contributed by atoms with E-state index in [1.54, 1.807) is 0 Å². The first kappa shape index (κ1) is 18.2. The van der Waals surface area contributed by atoms with Crippen LogP contribution in [0.3, 0.4) is 0 Å². The lowest BCUT2D eigenvalue weighted by molar-refractivity contribution is 0.0762. The van der Waals surface area contributed by atoms with Gasteiger partial charge in [0.15, 0.2) is 0 Å². The van der Waals surface area contributed by atoms with Gasteiger partial charge >= 0.3 is 0 Å². The first-order valence-corrected chi connectivity index (χ1v) is 8.43. The van der Waals surface area contributed by atoms with Crippen molar-refractivity contribution in [1.29, 1.82) is 0 Å². The van der Waals surface area contributed by atoms with E-state index in [4.69, 9.17) is 5.73 Å². The summed E-state index contributed by atoms with van der Waals surface area (Å²) in [7, 11) is 0. The summed E-state index contributed by atoms with van der Waals surface area (Å²) in [4.78, 5) is 14.8. The minimum absolute atomic E-state index is 0. The molecule has 2 rings (SSSR count). The number of amides is 1. The summed E-state index contributed by atoms with van der Waals surface area (Å²) in [6, 6.07) is 5.59. The Labute approximate surface area is 138 Å². The fraction of sp³-hybridized carbons (Fsp3) is 0.562. The van der Waals surface area contributed by atoms with Crippen LogP contribution in [-0.2, 0) is 0 Å². The Morgan fingerprint density at radius 1 is 1.43 bits per heavy atom. The summed E-state index contributed by atoms with van der Waals surface area (Å²) >= 11 is 1.97. The lowest BCUT2D eigenvalue weighted by Crippen LogP contribution is -2.36. The Bertz CT molecular complexity index is 481. The average molecular weight is 329 g/mol. The van der Waals surface area contributed by atoms with E-state index in [1.165, 1.54) is 12.8 Å². The summed E-state index contributed by atoms with van der Waals surface area (Å²) in [5, 5.41) is 0.577. The lowest BCUT2D eigenvalue weighted by Gasteiger charge is -2.25. The molecule has 1 saturated heterocycles. The fourth-order valence-corrected chi connectivity index (χ4v) is 3.79. The third-order valence-corrected chi connectivity index (χ3v) is 5.00. The molecule has 0 bridgehead atoms. The molecule has 1 heterocycles. The molecule has 1 unspecified atom stereocenters. The zero-order chi connectivity index (χ0) is 14.5. The van der Waals surface area contributed by atoms with Gasteiger partial charge in [0, 0.05) is 29.6 Å². The number of likely N-dealkylation sites (tertiary alicyclic amines) is 1. The molecule has 1 atom stereocenters. The van der Waals surface area contributed by atoms with E-state index in [1.807, 2.05) is 41.8 Å². The van der Waals surface area contributed by atoms with E-state index in [0.29, 0.717) is 10.9 Å². The van der Waals surface area contributed by atoms with Crippen molar-refractivity contribution in [2.45, 2.75) is 38.4 Å². The molecule has 3 nitrogen and oxygen atoms in total. The van der Waals surface area contributed by atoms with Gasteiger partial charge < -0.3 is 10.6 Å². The zero-order valence-corrected chi connectivity index (χ0v) is 14.4. The highest BCUT2D eigenvalue weighted by atomic mass is 35.5. The highest BCUT2D eigenvalue weighted by Crippen LogP contribution is 2.24. The lowest BCUT2D eigenvalue weighted by atomic mass is 10.1. The molecular formula is C16H25ClN2OS. The number of nitrogens with two attached hydrogens (primary N) is 1. The molecule has 1 amide bonds. The van der Waals surface area contributed by atoms with Gasteiger partial charge in [-0.2, -0.15) is 11.8 Å². The van der Waals surface area contributed by atoms with Crippen molar-refractivity contribution in [1.82, 2.24) is 4.90 Å². The molecule has 1 aliphatic heterocycles. The number of hydrogen-bond donors (Lipinski definition) is 1. The molecule has 1 fully saturated rings. The summed E-state index contributed by atoms with van der Waals surface area (Å²) in [5.74, 6) is 1.25. The van der Waals surface area contributed by atoms with Gasteiger partial charge in [-0.05, 0) is 43.2 Å². The quantitative estimate of drug-likeness (QED) is 0.860. The largest absolute Gasteiger partial charge is 0.399 e. The van der Waals surface area contributed by atoms with E-state index in [0.717, 1.165) is 36.4 Å². The average Bonchev–Trinajstić information content (AvgIpc) is 2.67. The van der Waals surface area contributed by atoms with Crippen molar-refractivity contribution >= 4 is 35.8 Å². The minimum atomic E-state index is 0. The number of nitrogen functional groups attached to an aromatic ring is 1. The van der Waals surface area contributed by atoms with E-state index >= 15 is 0 Å². The van der Waals surface area contributed by atoms with Crippen molar-refractivity contribution < 1.29 is 4.79 Å². The van der Waals surface area contributed by atoms with Crippen LogP contribution in [0.5, 0.6) is 0 Å². The Hall–Kier alpha value is -0.870. The van der Waals surface area contributed by atoms with Crippen LogP contribution in [0.2, 0.25) is 0 Å². The Morgan fingerprint density at radius 2 is 2.19 bits per heavy atom. The number of carbonyl (C=O) groups excluding carboxylic acids is 1. The molecule has 0 radical (unpaired) electrons. The number of halogens is 1. The zero-order valence-electron chi connectivity index (χ0n) is 12.8. The minimum Gasteiger partial charge on any atom is -0.399 e. The maximum atomic E-state index is 12.7. The number of hydrogen-bond acceptors (Lipinski definition) is 3.